The van der Waals surface area contributed by atoms with Crippen molar-refractivity contribution in [3.8, 4) is 0 Å². The third-order valence-electron chi connectivity index (χ3n) is 3.81. The van der Waals surface area contributed by atoms with E-state index in [1.54, 1.807) is 26.2 Å². The van der Waals surface area contributed by atoms with Crippen molar-refractivity contribution in [3.05, 3.63) is 40.3 Å². The Morgan fingerprint density at radius 3 is 2.52 bits per heavy atom. The number of nitrogens with zero attached hydrogens (tertiary/aromatic N) is 5. The summed E-state index contributed by atoms with van der Waals surface area (Å²) in [4.78, 5) is 30.0. The van der Waals surface area contributed by atoms with Crippen molar-refractivity contribution < 1.29 is 4.79 Å². The van der Waals surface area contributed by atoms with Gasteiger partial charge < -0.3 is 5.32 Å². The maximum atomic E-state index is 12.3. The molecule has 0 bridgehead atoms. The lowest BCUT2D eigenvalue weighted by Gasteiger charge is -2.22. The average Bonchev–Trinajstić information content (AvgIpc) is 3.00. The molecule has 2 rings (SSSR count). The molecule has 0 saturated carbocycles. The highest BCUT2D eigenvalue weighted by atomic mass is 16.2. The maximum absolute atomic E-state index is 12.3. The van der Waals surface area contributed by atoms with Crippen molar-refractivity contribution in [1.29, 1.82) is 0 Å². The molecule has 1 amide bonds. The Balaban J connectivity index is 2.05. The van der Waals surface area contributed by atoms with Gasteiger partial charge in [0.2, 0.25) is 5.91 Å². The second-order valence-electron chi connectivity index (χ2n) is 5.89. The van der Waals surface area contributed by atoms with Crippen LogP contribution in [0.1, 0.15) is 25.1 Å². The smallest absolute Gasteiger partial charge is 0.256 e. The second-order valence-corrected chi connectivity index (χ2v) is 5.89. The van der Waals surface area contributed by atoms with Crippen molar-refractivity contribution in [2.45, 2.75) is 46.8 Å². The van der Waals surface area contributed by atoms with Crippen LogP contribution in [0.4, 0.5) is 0 Å². The Morgan fingerprint density at radius 1 is 1.26 bits per heavy atom. The first-order valence-electron chi connectivity index (χ1n) is 7.54. The molecule has 124 valence electrons. The molecular formula is C15H22N6O2. The highest BCUT2D eigenvalue weighted by Gasteiger charge is 2.18. The summed E-state index contributed by atoms with van der Waals surface area (Å²) >= 11 is 0. The second kappa shape index (κ2) is 7.17. The number of rotatable bonds is 6. The Labute approximate surface area is 134 Å². The first-order valence-corrected chi connectivity index (χ1v) is 7.54. The Bertz CT molecular complexity index is 720. The predicted molar refractivity (Wildman–Crippen MR) is 84.8 cm³/mol. The molecule has 0 aliphatic rings. The quantitative estimate of drug-likeness (QED) is 0.826. The molecule has 2 heterocycles. The van der Waals surface area contributed by atoms with E-state index in [-0.39, 0.29) is 30.0 Å². The largest absolute Gasteiger partial charge is 0.350 e. The molecule has 2 aromatic rings. The fraction of sp³-hybridized carbons (Fsp3) is 0.533. The van der Waals surface area contributed by atoms with E-state index in [2.05, 4.69) is 20.5 Å². The Hall–Kier alpha value is -2.51. The maximum Gasteiger partial charge on any atom is 0.256 e. The van der Waals surface area contributed by atoms with Crippen molar-refractivity contribution >= 4 is 5.91 Å². The van der Waals surface area contributed by atoms with Gasteiger partial charge in [-0.05, 0) is 19.8 Å². The van der Waals surface area contributed by atoms with Gasteiger partial charge in [-0.15, -0.1) is 0 Å². The van der Waals surface area contributed by atoms with Gasteiger partial charge in [0.25, 0.3) is 5.56 Å². The third kappa shape index (κ3) is 4.24. The van der Waals surface area contributed by atoms with Crippen LogP contribution in [0.25, 0.3) is 0 Å². The van der Waals surface area contributed by atoms with Crippen molar-refractivity contribution in [2.75, 3.05) is 0 Å². The molecule has 1 atom stereocenters. The van der Waals surface area contributed by atoms with Gasteiger partial charge >= 0.3 is 0 Å². The van der Waals surface area contributed by atoms with Gasteiger partial charge in [0.1, 0.15) is 6.54 Å². The molecule has 1 unspecified atom stereocenters. The molecule has 0 aliphatic heterocycles. The molecule has 0 saturated heterocycles. The van der Waals surface area contributed by atoms with E-state index in [0.29, 0.717) is 17.8 Å². The van der Waals surface area contributed by atoms with E-state index in [1.807, 2.05) is 13.8 Å². The number of carbonyl (C=O) groups is 1. The molecule has 0 aromatic carbocycles. The van der Waals surface area contributed by atoms with Crippen LogP contribution in [-0.4, -0.2) is 36.5 Å². The van der Waals surface area contributed by atoms with E-state index in [1.165, 1.54) is 15.7 Å². The molecule has 2 aromatic heterocycles. The average molecular weight is 318 g/mol. The Morgan fingerprint density at radius 2 is 1.91 bits per heavy atom. The summed E-state index contributed by atoms with van der Waals surface area (Å²) in [7, 11) is 0. The fourth-order valence-electron chi connectivity index (χ4n) is 2.13. The van der Waals surface area contributed by atoms with E-state index in [9.17, 15) is 9.59 Å². The van der Waals surface area contributed by atoms with Gasteiger partial charge in [0, 0.05) is 11.3 Å². The van der Waals surface area contributed by atoms with Gasteiger partial charge in [-0.3, -0.25) is 14.2 Å². The van der Waals surface area contributed by atoms with Crippen molar-refractivity contribution in [1.82, 2.24) is 29.9 Å². The number of hydrogen-bond acceptors (Lipinski definition) is 5. The summed E-state index contributed by atoms with van der Waals surface area (Å²) in [6, 6.07) is -0.120. The lowest BCUT2D eigenvalue weighted by Crippen LogP contribution is -2.44. The predicted octanol–water partition coefficient (Wildman–Crippen LogP) is 0.293. The van der Waals surface area contributed by atoms with Crippen LogP contribution < -0.4 is 10.9 Å². The summed E-state index contributed by atoms with van der Waals surface area (Å²) in [5.74, 6) is -0.0254. The highest BCUT2D eigenvalue weighted by Crippen LogP contribution is 2.04. The van der Waals surface area contributed by atoms with Crippen LogP contribution in [0.5, 0.6) is 0 Å². The van der Waals surface area contributed by atoms with Crippen LogP contribution in [0.2, 0.25) is 0 Å². The fourth-order valence-corrected chi connectivity index (χ4v) is 2.13. The summed E-state index contributed by atoms with van der Waals surface area (Å²) in [5, 5.41) is 11.0. The summed E-state index contributed by atoms with van der Waals surface area (Å²) in [5.41, 5.74) is 1.04. The van der Waals surface area contributed by atoms with Crippen LogP contribution in [0.3, 0.4) is 0 Å². The van der Waals surface area contributed by atoms with Crippen LogP contribution in [0.15, 0.2) is 23.5 Å². The van der Waals surface area contributed by atoms with Crippen LogP contribution >= 0.6 is 0 Å². The summed E-state index contributed by atoms with van der Waals surface area (Å²) < 4.78 is 1.32. The third-order valence-corrected chi connectivity index (χ3v) is 3.81. The number of amides is 1. The lowest BCUT2D eigenvalue weighted by atomic mass is 10.0. The molecule has 8 heteroatoms. The van der Waals surface area contributed by atoms with Gasteiger partial charge in [-0.25, -0.2) is 4.98 Å². The minimum absolute atomic E-state index is 0.0529. The zero-order chi connectivity index (χ0) is 17.0. The topological polar surface area (TPSA) is 94.7 Å². The SMILES string of the molecule is Cc1ncn(CC(=O)NC(Cn2nccn2)C(C)C)c(=O)c1C. The molecule has 0 spiro atoms. The monoisotopic (exact) mass is 318 g/mol. The lowest BCUT2D eigenvalue weighted by molar-refractivity contribution is -0.122. The molecule has 0 aliphatic carbocycles. The molecule has 23 heavy (non-hydrogen) atoms. The summed E-state index contributed by atoms with van der Waals surface area (Å²) in [6.45, 7) is 7.93. The first-order chi connectivity index (χ1) is 10.9. The normalized spacial score (nSPS) is 12.4. The summed E-state index contributed by atoms with van der Waals surface area (Å²) in [6.07, 6.45) is 4.60. The zero-order valence-corrected chi connectivity index (χ0v) is 13.9. The molecule has 8 nitrogen and oxygen atoms in total. The Kier molecular flexibility index (Phi) is 5.25. The zero-order valence-electron chi connectivity index (χ0n) is 13.9. The van der Waals surface area contributed by atoms with E-state index in [0.717, 1.165) is 0 Å². The van der Waals surface area contributed by atoms with Gasteiger partial charge in [-0.1, -0.05) is 13.8 Å². The van der Waals surface area contributed by atoms with Crippen LogP contribution in [-0.2, 0) is 17.9 Å². The van der Waals surface area contributed by atoms with E-state index >= 15 is 0 Å². The van der Waals surface area contributed by atoms with Gasteiger partial charge in [-0.2, -0.15) is 15.0 Å². The molecule has 0 radical (unpaired) electrons. The number of nitrogens with one attached hydrogen (secondary N) is 1. The molecule has 1 N–H and O–H groups in total. The number of hydrogen-bond donors (Lipinski definition) is 1. The first kappa shape index (κ1) is 16.9. The number of aryl methyl sites for hydroxylation is 1. The minimum Gasteiger partial charge on any atom is -0.350 e. The molecular weight excluding hydrogens is 296 g/mol. The van der Waals surface area contributed by atoms with Crippen molar-refractivity contribution in [3.63, 3.8) is 0 Å². The van der Waals surface area contributed by atoms with E-state index < -0.39 is 0 Å². The van der Waals surface area contributed by atoms with Gasteiger partial charge in [0.15, 0.2) is 0 Å². The number of aromatic nitrogens is 5. The van der Waals surface area contributed by atoms with Crippen molar-refractivity contribution in [2.24, 2.45) is 5.92 Å². The van der Waals surface area contributed by atoms with E-state index in [4.69, 9.17) is 0 Å². The van der Waals surface area contributed by atoms with Gasteiger partial charge in [0.05, 0.1) is 31.3 Å². The highest BCUT2D eigenvalue weighted by molar-refractivity contribution is 5.76. The number of carbonyl (C=O) groups excluding carboxylic acids is 1. The standard InChI is InChI=1S/C15H22N6O2/c1-10(2)13(7-21-17-5-6-18-21)19-14(22)8-20-9-16-12(4)11(3)15(20)23/h5-6,9-10,13H,7-8H2,1-4H3,(H,19,22). The molecule has 0 fully saturated rings. The minimum atomic E-state index is -0.233. The van der Waals surface area contributed by atoms with Crippen LogP contribution in [0, 0.1) is 19.8 Å².